The normalized spacial score (nSPS) is 11.1. The number of carbonyl (C=O) groups excluding carboxylic acids is 1. The molecule has 4 aromatic rings. The molecule has 0 spiro atoms. The van der Waals surface area contributed by atoms with Gasteiger partial charge in [-0.25, -0.2) is 4.39 Å². The van der Waals surface area contributed by atoms with E-state index in [1.807, 2.05) is 12.1 Å². The zero-order chi connectivity index (χ0) is 20.9. The molecule has 2 aromatic carbocycles. The standard InChI is InChI=1S/C22H13FN4O2S/c23-18-9-5-4-8-17(18)19-11-10-16(29-19)12-15(13-24)21-26-27-22(30-21)25-20(28)14-6-2-1-3-7-14/h1-12H,(H,25,27,28)/b15-12+. The van der Waals surface area contributed by atoms with Crippen LogP contribution in [0, 0.1) is 17.1 Å². The van der Waals surface area contributed by atoms with E-state index in [2.05, 4.69) is 15.5 Å². The average Bonchev–Trinajstić information content (AvgIpc) is 3.42. The smallest absolute Gasteiger partial charge is 0.257 e. The summed E-state index contributed by atoms with van der Waals surface area (Å²) in [5.74, 6) is 0.00625. The van der Waals surface area contributed by atoms with Crippen LogP contribution >= 0.6 is 11.3 Å². The summed E-state index contributed by atoms with van der Waals surface area (Å²) >= 11 is 1.07. The van der Waals surface area contributed by atoms with Gasteiger partial charge in [-0.3, -0.25) is 10.1 Å². The van der Waals surface area contributed by atoms with Gasteiger partial charge in [0, 0.05) is 11.6 Å². The third-order valence-corrected chi connectivity index (χ3v) is 4.96. The van der Waals surface area contributed by atoms with Gasteiger partial charge in [-0.2, -0.15) is 5.26 Å². The van der Waals surface area contributed by atoms with Crippen LogP contribution in [0.4, 0.5) is 9.52 Å². The predicted octanol–water partition coefficient (Wildman–Crippen LogP) is 5.25. The minimum absolute atomic E-state index is 0.210. The number of nitrogens with one attached hydrogen (secondary N) is 1. The fourth-order valence-electron chi connectivity index (χ4n) is 2.66. The zero-order valence-electron chi connectivity index (χ0n) is 15.4. The SMILES string of the molecule is N#C/C(=C\c1ccc(-c2ccccc2F)o1)c1nnc(NC(=O)c2ccccc2)s1. The Kier molecular flexibility index (Phi) is 5.46. The van der Waals surface area contributed by atoms with E-state index >= 15 is 0 Å². The first-order chi connectivity index (χ1) is 14.6. The van der Waals surface area contributed by atoms with Crippen LogP contribution in [0.2, 0.25) is 0 Å². The number of amides is 1. The molecule has 0 aliphatic rings. The highest BCUT2D eigenvalue weighted by atomic mass is 32.1. The maximum atomic E-state index is 13.9. The number of rotatable bonds is 5. The van der Waals surface area contributed by atoms with E-state index in [0.29, 0.717) is 27.7 Å². The van der Waals surface area contributed by atoms with Gasteiger partial charge in [-0.05, 0) is 36.4 Å². The van der Waals surface area contributed by atoms with Gasteiger partial charge in [0.05, 0.1) is 11.1 Å². The first-order valence-electron chi connectivity index (χ1n) is 8.81. The van der Waals surface area contributed by atoms with E-state index in [1.165, 1.54) is 12.1 Å². The minimum Gasteiger partial charge on any atom is -0.457 e. The van der Waals surface area contributed by atoms with Gasteiger partial charge in [-0.15, -0.1) is 10.2 Å². The molecule has 0 aliphatic carbocycles. The Morgan fingerprint density at radius 1 is 1.07 bits per heavy atom. The van der Waals surface area contributed by atoms with Crippen LogP contribution in [0.25, 0.3) is 23.0 Å². The lowest BCUT2D eigenvalue weighted by atomic mass is 10.1. The van der Waals surface area contributed by atoms with E-state index in [-0.39, 0.29) is 16.6 Å². The number of benzene rings is 2. The number of carbonyl (C=O) groups is 1. The molecule has 0 aliphatic heterocycles. The fraction of sp³-hybridized carbons (Fsp3) is 0. The molecule has 1 amide bonds. The largest absolute Gasteiger partial charge is 0.457 e. The molecule has 4 rings (SSSR count). The number of aromatic nitrogens is 2. The van der Waals surface area contributed by atoms with Gasteiger partial charge < -0.3 is 4.42 Å². The van der Waals surface area contributed by atoms with Gasteiger partial charge in [-0.1, -0.05) is 41.7 Å². The topological polar surface area (TPSA) is 91.8 Å². The van der Waals surface area contributed by atoms with Crippen LogP contribution < -0.4 is 5.32 Å². The number of anilines is 1. The van der Waals surface area contributed by atoms with Crippen molar-refractivity contribution < 1.29 is 13.6 Å². The van der Waals surface area contributed by atoms with Crippen molar-refractivity contribution >= 4 is 34.0 Å². The van der Waals surface area contributed by atoms with Gasteiger partial charge >= 0.3 is 0 Å². The average molecular weight is 416 g/mol. The summed E-state index contributed by atoms with van der Waals surface area (Å²) in [5, 5.41) is 20.7. The molecule has 2 aromatic heterocycles. The Morgan fingerprint density at radius 3 is 2.60 bits per heavy atom. The Bertz CT molecular complexity index is 1270. The Labute approximate surface area is 174 Å². The van der Waals surface area contributed by atoms with E-state index < -0.39 is 5.82 Å². The van der Waals surface area contributed by atoms with E-state index in [0.717, 1.165) is 11.3 Å². The number of halogens is 1. The molecule has 2 heterocycles. The van der Waals surface area contributed by atoms with Crippen molar-refractivity contribution in [2.45, 2.75) is 0 Å². The third kappa shape index (κ3) is 4.16. The maximum absolute atomic E-state index is 13.9. The molecular weight excluding hydrogens is 403 g/mol. The Morgan fingerprint density at radius 2 is 1.83 bits per heavy atom. The van der Waals surface area contributed by atoms with Crippen molar-refractivity contribution in [3.05, 3.63) is 88.9 Å². The highest BCUT2D eigenvalue weighted by Crippen LogP contribution is 2.28. The van der Waals surface area contributed by atoms with E-state index in [9.17, 15) is 14.4 Å². The van der Waals surface area contributed by atoms with Crippen molar-refractivity contribution in [2.24, 2.45) is 0 Å². The quantitative estimate of drug-likeness (QED) is 0.449. The first kappa shape index (κ1) is 19.2. The molecule has 0 radical (unpaired) electrons. The number of allylic oxidation sites excluding steroid dienone is 1. The third-order valence-electron chi connectivity index (χ3n) is 4.08. The monoisotopic (exact) mass is 416 g/mol. The van der Waals surface area contributed by atoms with Gasteiger partial charge in [0.25, 0.3) is 5.91 Å². The van der Waals surface area contributed by atoms with Gasteiger partial charge in [0.15, 0.2) is 5.01 Å². The van der Waals surface area contributed by atoms with Crippen molar-refractivity contribution in [1.82, 2.24) is 10.2 Å². The number of hydrogen-bond acceptors (Lipinski definition) is 6. The number of nitrogens with zero attached hydrogens (tertiary/aromatic N) is 3. The molecular formula is C22H13FN4O2S. The number of hydrogen-bond donors (Lipinski definition) is 1. The highest BCUT2D eigenvalue weighted by Gasteiger charge is 2.14. The summed E-state index contributed by atoms with van der Waals surface area (Å²) in [5.41, 5.74) is 1.03. The molecule has 0 saturated carbocycles. The Hall–Kier alpha value is -4.09. The van der Waals surface area contributed by atoms with Gasteiger partial charge in [0.1, 0.15) is 23.4 Å². The second-order valence-electron chi connectivity index (χ2n) is 6.08. The second kappa shape index (κ2) is 8.51. The molecule has 0 unspecified atom stereocenters. The van der Waals surface area contributed by atoms with Crippen molar-refractivity contribution in [3.63, 3.8) is 0 Å². The van der Waals surface area contributed by atoms with Crippen LogP contribution in [0.15, 0.2) is 71.1 Å². The molecule has 6 nitrogen and oxygen atoms in total. The predicted molar refractivity (Wildman–Crippen MR) is 112 cm³/mol. The lowest BCUT2D eigenvalue weighted by Crippen LogP contribution is -2.11. The van der Waals surface area contributed by atoms with Crippen LogP contribution in [-0.2, 0) is 0 Å². The fourth-order valence-corrected chi connectivity index (χ4v) is 3.37. The number of nitriles is 1. The molecule has 1 N–H and O–H groups in total. The lowest BCUT2D eigenvalue weighted by molar-refractivity contribution is 0.102. The molecule has 146 valence electrons. The summed E-state index contributed by atoms with van der Waals surface area (Å²) in [4.78, 5) is 12.2. The van der Waals surface area contributed by atoms with E-state index in [4.69, 9.17) is 4.42 Å². The lowest BCUT2D eigenvalue weighted by Gasteiger charge is -1.99. The summed E-state index contributed by atoms with van der Waals surface area (Å²) < 4.78 is 19.6. The zero-order valence-corrected chi connectivity index (χ0v) is 16.2. The summed E-state index contributed by atoms with van der Waals surface area (Å²) in [6.07, 6.45) is 1.49. The van der Waals surface area contributed by atoms with Crippen LogP contribution in [-0.4, -0.2) is 16.1 Å². The van der Waals surface area contributed by atoms with Gasteiger partial charge in [0.2, 0.25) is 5.13 Å². The summed E-state index contributed by atoms with van der Waals surface area (Å²) in [6, 6.07) is 20.3. The number of furan rings is 1. The van der Waals surface area contributed by atoms with Crippen molar-refractivity contribution in [3.8, 4) is 17.4 Å². The Balaban J connectivity index is 1.54. The summed E-state index contributed by atoms with van der Waals surface area (Å²) in [6.45, 7) is 0. The van der Waals surface area contributed by atoms with Crippen LogP contribution in [0.3, 0.4) is 0 Å². The molecule has 0 saturated heterocycles. The molecule has 0 fully saturated rings. The van der Waals surface area contributed by atoms with Crippen molar-refractivity contribution in [1.29, 1.82) is 5.26 Å². The molecule has 30 heavy (non-hydrogen) atoms. The van der Waals surface area contributed by atoms with Crippen molar-refractivity contribution in [2.75, 3.05) is 5.32 Å². The highest BCUT2D eigenvalue weighted by molar-refractivity contribution is 7.16. The second-order valence-corrected chi connectivity index (χ2v) is 7.06. The van der Waals surface area contributed by atoms with Crippen LogP contribution in [0.1, 0.15) is 21.1 Å². The minimum atomic E-state index is -0.397. The molecule has 0 bridgehead atoms. The maximum Gasteiger partial charge on any atom is 0.257 e. The molecule has 8 heteroatoms. The first-order valence-corrected chi connectivity index (χ1v) is 9.62. The van der Waals surface area contributed by atoms with Crippen LogP contribution in [0.5, 0.6) is 0 Å². The summed E-state index contributed by atoms with van der Waals surface area (Å²) in [7, 11) is 0. The molecule has 0 atom stereocenters. The van der Waals surface area contributed by atoms with E-state index in [1.54, 1.807) is 54.6 Å².